The molecule has 0 aromatic heterocycles. The lowest BCUT2D eigenvalue weighted by atomic mass is 9.94. The molecule has 0 unspecified atom stereocenters. The molecule has 0 aromatic carbocycles. The van der Waals surface area contributed by atoms with Crippen molar-refractivity contribution in [2.45, 2.75) is 26.7 Å². The molecule has 12 heavy (non-hydrogen) atoms. The van der Waals surface area contributed by atoms with E-state index in [-0.39, 0.29) is 12.0 Å². The minimum Gasteiger partial charge on any atom is -0.396 e. The molecule has 0 radical (unpaired) electrons. The molecule has 0 heterocycles. The maximum Gasteiger partial charge on any atom is 0.0494 e. The second-order valence-electron chi connectivity index (χ2n) is 4.96. The van der Waals surface area contributed by atoms with E-state index in [1.165, 1.54) is 19.4 Å². The maximum absolute atomic E-state index is 9.07. The third kappa shape index (κ3) is 3.55. The van der Waals surface area contributed by atoms with Crippen molar-refractivity contribution < 1.29 is 5.11 Å². The molecule has 0 aliphatic heterocycles. The van der Waals surface area contributed by atoms with E-state index in [1.807, 2.05) is 0 Å². The first-order valence-electron chi connectivity index (χ1n) is 4.83. The largest absolute Gasteiger partial charge is 0.396 e. The first-order chi connectivity index (χ1) is 5.53. The molecule has 1 saturated carbocycles. The highest BCUT2D eigenvalue weighted by Gasteiger charge is 2.25. The molecule has 0 bridgehead atoms. The summed E-state index contributed by atoms with van der Waals surface area (Å²) in [4.78, 5) is 2.34. The Morgan fingerprint density at radius 2 is 2.00 bits per heavy atom. The molecule has 1 fully saturated rings. The zero-order valence-corrected chi connectivity index (χ0v) is 8.51. The van der Waals surface area contributed by atoms with Crippen LogP contribution in [-0.2, 0) is 0 Å². The zero-order valence-electron chi connectivity index (χ0n) is 8.51. The van der Waals surface area contributed by atoms with E-state index < -0.39 is 0 Å². The van der Waals surface area contributed by atoms with Crippen molar-refractivity contribution in [3.63, 3.8) is 0 Å². The first kappa shape index (κ1) is 10.0. The summed E-state index contributed by atoms with van der Waals surface area (Å²) in [6.07, 6.45) is 2.81. The van der Waals surface area contributed by atoms with Crippen LogP contribution in [0.1, 0.15) is 26.7 Å². The van der Waals surface area contributed by atoms with E-state index in [2.05, 4.69) is 25.8 Å². The van der Waals surface area contributed by atoms with Crippen molar-refractivity contribution in [2.75, 3.05) is 26.7 Å². The summed E-state index contributed by atoms with van der Waals surface area (Å²) in [5.74, 6) is 0.949. The molecular weight excluding hydrogens is 150 g/mol. The molecule has 2 heteroatoms. The molecule has 2 nitrogen and oxygen atoms in total. The molecule has 0 atom stereocenters. The quantitative estimate of drug-likeness (QED) is 0.675. The molecular formula is C10H21NO. The molecule has 0 aromatic rings. The van der Waals surface area contributed by atoms with Crippen LogP contribution in [0.3, 0.4) is 0 Å². The Morgan fingerprint density at radius 1 is 1.42 bits per heavy atom. The number of hydrogen-bond acceptors (Lipinski definition) is 2. The van der Waals surface area contributed by atoms with E-state index in [1.54, 1.807) is 0 Å². The highest BCUT2D eigenvalue weighted by molar-refractivity contribution is 4.78. The van der Waals surface area contributed by atoms with Gasteiger partial charge in [-0.3, -0.25) is 0 Å². The summed E-state index contributed by atoms with van der Waals surface area (Å²) in [5, 5.41) is 9.07. The smallest absolute Gasteiger partial charge is 0.0494 e. The summed E-state index contributed by atoms with van der Waals surface area (Å²) in [6.45, 7) is 6.71. The van der Waals surface area contributed by atoms with Gasteiger partial charge in [-0.15, -0.1) is 0 Å². The van der Waals surface area contributed by atoms with E-state index in [4.69, 9.17) is 5.11 Å². The predicted octanol–water partition coefficient (Wildman–Crippen LogP) is 1.35. The van der Waals surface area contributed by atoms with Crippen LogP contribution in [0.4, 0.5) is 0 Å². The average molecular weight is 171 g/mol. The van der Waals surface area contributed by atoms with Gasteiger partial charge in [-0.1, -0.05) is 13.8 Å². The fourth-order valence-corrected chi connectivity index (χ4v) is 1.59. The molecule has 1 aliphatic rings. The van der Waals surface area contributed by atoms with Gasteiger partial charge in [0.05, 0.1) is 0 Å². The lowest BCUT2D eigenvalue weighted by Crippen LogP contribution is -2.34. The minimum atomic E-state index is 0.0592. The van der Waals surface area contributed by atoms with Gasteiger partial charge in [0, 0.05) is 25.1 Å². The van der Waals surface area contributed by atoms with E-state index in [0.29, 0.717) is 0 Å². The molecule has 0 amide bonds. The van der Waals surface area contributed by atoms with Crippen LogP contribution in [0.15, 0.2) is 0 Å². The van der Waals surface area contributed by atoms with E-state index in [9.17, 15) is 0 Å². The Balaban J connectivity index is 2.18. The Morgan fingerprint density at radius 3 is 2.42 bits per heavy atom. The van der Waals surface area contributed by atoms with Crippen LogP contribution in [-0.4, -0.2) is 36.8 Å². The summed E-state index contributed by atoms with van der Waals surface area (Å²) in [6, 6.07) is 0. The Bertz CT molecular complexity index is 141. The highest BCUT2D eigenvalue weighted by Crippen LogP contribution is 2.30. The van der Waals surface area contributed by atoms with E-state index >= 15 is 0 Å². The third-order valence-corrected chi connectivity index (χ3v) is 2.39. The summed E-state index contributed by atoms with van der Waals surface area (Å²) in [5.41, 5.74) is 0.0592. The summed E-state index contributed by atoms with van der Waals surface area (Å²) >= 11 is 0. The van der Waals surface area contributed by atoms with Gasteiger partial charge in [-0.2, -0.15) is 0 Å². The van der Waals surface area contributed by atoms with Crippen molar-refractivity contribution in [2.24, 2.45) is 11.3 Å². The van der Waals surface area contributed by atoms with Crippen molar-refractivity contribution in [3.8, 4) is 0 Å². The molecule has 1 aliphatic carbocycles. The SMILES string of the molecule is CN(CC1CC1)CC(C)(C)CO. The Kier molecular flexibility index (Phi) is 3.13. The van der Waals surface area contributed by atoms with Gasteiger partial charge in [-0.25, -0.2) is 0 Å². The van der Waals surface area contributed by atoms with Crippen LogP contribution in [0, 0.1) is 11.3 Å². The fraction of sp³-hybridized carbons (Fsp3) is 1.00. The van der Waals surface area contributed by atoms with Crippen molar-refractivity contribution in [1.29, 1.82) is 0 Å². The third-order valence-electron chi connectivity index (χ3n) is 2.39. The number of aliphatic hydroxyl groups excluding tert-OH is 1. The van der Waals surface area contributed by atoms with Gasteiger partial charge in [0.2, 0.25) is 0 Å². The van der Waals surface area contributed by atoms with Gasteiger partial charge in [-0.05, 0) is 25.8 Å². The van der Waals surface area contributed by atoms with Crippen LogP contribution < -0.4 is 0 Å². The number of hydrogen-bond donors (Lipinski definition) is 1. The second-order valence-corrected chi connectivity index (χ2v) is 4.96. The van der Waals surface area contributed by atoms with Crippen LogP contribution in [0.25, 0.3) is 0 Å². The van der Waals surface area contributed by atoms with Gasteiger partial charge in [0.25, 0.3) is 0 Å². The molecule has 1 rings (SSSR count). The molecule has 0 spiro atoms. The Labute approximate surface area is 75.6 Å². The van der Waals surface area contributed by atoms with E-state index in [0.717, 1.165) is 12.5 Å². The zero-order chi connectivity index (χ0) is 9.19. The molecule has 0 saturated heterocycles. The number of aliphatic hydroxyl groups is 1. The Hall–Kier alpha value is -0.0800. The monoisotopic (exact) mass is 171 g/mol. The lowest BCUT2D eigenvalue weighted by Gasteiger charge is -2.28. The van der Waals surface area contributed by atoms with Gasteiger partial charge >= 0.3 is 0 Å². The summed E-state index contributed by atoms with van der Waals surface area (Å²) in [7, 11) is 2.15. The predicted molar refractivity (Wildman–Crippen MR) is 51.1 cm³/mol. The number of nitrogens with zero attached hydrogens (tertiary/aromatic N) is 1. The summed E-state index contributed by atoms with van der Waals surface area (Å²) < 4.78 is 0. The number of rotatable bonds is 5. The van der Waals surface area contributed by atoms with Crippen LogP contribution in [0.2, 0.25) is 0 Å². The van der Waals surface area contributed by atoms with Crippen molar-refractivity contribution in [3.05, 3.63) is 0 Å². The topological polar surface area (TPSA) is 23.5 Å². The van der Waals surface area contributed by atoms with Crippen molar-refractivity contribution >= 4 is 0 Å². The van der Waals surface area contributed by atoms with Gasteiger partial charge < -0.3 is 10.0 Å². The van der Waals surface area contributed by atoms with Crippen LogP contribution in [0.5, 0.6) is 0 Å². The highest BCUT2D eigenvalue weighted by atomic mass is 16.3. The second kappa shape index (κ2) is 3.75. The lowest BCUT2D eigenvalue weighted by molar-refractivity contribution is 0.113. The minimum absolute atomic E-state index is 0.0592. The standard InChI is InChI=1S/C10H21NO/c1-10(2,8-12)7-11(3)6-9-4-5-9/h9,12H,4-8H2,1-3H3. The molecule has 1 N–H and O–H groups in total. The van der Waals surface area contributed by atoms with Gasteiger partial charge in [0.1, 0.15) is 0 Å². The first-order valence-corrected chi connectivity index (χ1v) is 4.83. The normalized spacial score (nSPS) is 18.8. The average Bonchev–Trinajstić information content (AvgIpc) is 2.70. The maximum atomic E-state index is 9.07. The fourth-order valence-electron chi connectivity index (χ4n) is 1.59. The molecule has 72 valence electrons. The van der Waals surface area contributed by atoms with Gasteiger partial charge in [0.15, 0.2) is 0 Å². The van der Waals surface area contributed by atoms with Crippen LogP contribution >= 0.6 is 0 Å². The van der Waals surface area contributed by atoms with Crippen molar-refractivity contribution in [1.82, 2.24) is 4.90 Å².